The predicted octanol–water partition coefficient (Wildman–Crippen LogP) is 3.90. The van der Waals surface area contributed by atoms with Crippen LogP contribution in [0.3, 0.4) is 0 Å². The summed E-state index contributed by atoms with van der Waals surface area (Å²) in [5.74, 6) is 0. The fourth-order valence-corrected chi connectivity index (χ4v) is 0.985. The first-order valence-electron chi connectivity index (χ1n) is 4.02. The molecule has 2 rings (SSSR count). The Morgan fingerprint density at radius 2 is 0.938 bits per heavy atom. The third kappa shape index (κ3) is 9.37. The Kier molecular flexibility index (Phi) is 13.4. The van der Waals surface area contributed by atoms with Crippen molar-refractivity contribution in [1.82, 2.24) is 0 Å². The second-order valence-electron chi connectivity index (χ2n) is 2.44. The molecule has 0 N–H and O–H groups in total. The fraction of sp³-hybridized carbons (Fsp3) is 0. The molecular weight excluding hydrogens is 286 g/mol. The van der Waals surface area contributed by atoms with Crippen molar-refractivity contribution < 1.29 is 17.1 Å². The van der Waals surface area contributed by atoms with Gasteiger partial charge < -0.3 is 0 Å². The Labute approximate surface area is 129 Å². The van der Waals surface area contributed by atoms with Crippen LogP contribution in [-0.2, 0) is 17.1 Å². The molecule has 16 heavy (non-hydrogen) atoms. The van der Waals surface area contributed by atoms with Crippen molar-refractivity contribution in [1.29, 1.82) is 0 Å². The summed E-state index contributed by atoms with van der Waals surface area (Å²) < 4.78 is 0. The van der Waals surface area contributed by atoms with Gasteiger partial charge in [0.2, 0.25) is 0 Å². The van der Waals surface area contributed by atoms with E-state index in [1.165, 1.54) is 0 Å². The van der Waals surface area contributed by atoms with Crippen molar-refractivity contribution in [2.45, 2.75) is 0 Å². The van der Waals surface area contributed by atoms with Crippen LogP contribution in [0.5, 0.6) is 0 Å². The van der Waals surface area contributed by atoms with E-state index in [9.17, 15) is 0 Å². The molecule has 0 aliphatic rings. The Balaban J connectivity index is 0. The van der Waals surface area contributed by atoms with Crippen molar-refractivity contribution in [3.8, 4) is 0 Å². The molecule has 0 aromatic heterocycles. The third-order valence-electron chi connectivity index (χ3n) is 1.36. The summed E-state index contributed by atoms with van der Waals surface area (Å²) >= 11 is 11.0. The molecule has 4 heteroatoms. The summed E-state index contributed by atoms with van der Waals surface area (Å²) in [7, 11) is 0. The van der Waals surface area contributed by atoms with Gasteiger partial charge in [-0.05, 0) is 0 Å². The molecule has 0 nitrogen and oxygen atoms in total. The topological polar surface area (TPSA) is 0 Å². The van der Waals surface area contributed by atoms with Gasteiger partial charge in [-0.15, -0.1) is 23.2 Å². The molecule has 0 aliphatic heterocycles. The van der Waals surface area contributed by atoms with Gasteiger partial charge in [-0.25, -0.2) is 0 Å². The van der Waals surface area contributed by atoms with E-state index in [0.717, 1.165) is 10.0 Å². The van der Waals surface area contributed by atoms with Crippen LogP contribution >= 0.6 is 23.2 Å². The Morgan fingerprint density at radius 3 is 1.06 bits per heavy atom. The molecule has 0 amide bonds. The summed E-state index contributed by atoms with van der Waals surface area (Å²) in [4.78, 5) is 0. The van der Waals surface area contributed by atoms with Crippen molar-refractivity contribution in [2.24, 2.45) is 0 Å². The molecule has 0 saturated carbocycles. The summed E-state index contributed by atoms with van der Waals surface area (Å²) in [5.41, 5.74) is 0. The van der Waals surface area contributed by atoms with Crippen LogP contribution in [-0.4, -0.2) is 18.9 Å². The van der Waals surface area contributed by atoms with Crippen molar-refractivity contribution in [3.05, 3.63) is 70.7 Å². The minimum Gasteiger partial charge on any atom is -0.184 e. The van der Waals surface area contributed by atoms with Gasteiger partial charge >= 0.3 is 17.1 Å². The van der Waals surface area contributed by atoms with Crippen LogP contribution in [0.1, 0.15) is 0 Å². The molecule has 0 unspecified atom stereocenters. The van der Waals surface area contributed by atoms with Crippen LogP contribution in [0.25, 0.3) is 0 Å². The maximum Gasteiger partial charge on any atom is 2.00 e. The van der Waals surface area contributed by atoms with Gasteiger partial charge in [0.15, 0.2) is 0 Å². The van der Waals surface area contributed by atoms with E-state index >= 15 is 0 Å². The molecule has 2 aromatic carbocycles. The SMILES string of the molecule is Clc1cc[c-]cc1.Clc1cc[c-]cc1.[Cu+2].[Li]. The average molecular weight is 294 g/mol. The zero-order chi connectivity index (χ0) is 10.2. The number of benzene rings is 2. The smallest absolute Gasteiger partial charge is 0.184 e. The van der Waals surface area contributed by atoms with E-state index in [1.807, 2.05) is 0 Å². The molecular formula is C12H8Cl2CuLi. The molecule has 0 saturated heterocycles. The molecule has 82 valence electrons. The van der Waals surface area contributed by atoms with Crippen LogP contribution < -0.4 is 0 Å². The molecule has 0 aliphatic carbocycles. The minimum atomic E-state index is 0. The number of halogens is 2. The van der Waals surface area contributed by atoms with Gasteiger partial charge in [-0.3, -0.25) is 0 Å². The maximum absolute atomic E-state index is 5.52. The maximum atomic E-state index is 5.52. The predicted molar refractivity (Wildman–Crippen MR) is 66.3 cm³/mol. The minimum absolute atomic E-state index is 0. The van der Waals surface area contributed by atoms with E-state index in [4.69, 9.17) is 23.2 Å². The Bertz CT molecular complexity index is 316. The van der Waals surface area contributed by atoms with Gasteiger partial charge in [0.05, 0.1) is 0 Å². The van der Waals surface area contributed by atoms with Gasteiger partial charge in [0, 0.05) is 18.9 Å². The first kappa shape index (κ1) is 18.5. The zero-order valence-corrected chi connectivity index (χ0v) is 11.1. The summed E-state index contributed by atoms with van der Waals surface area (Å²) in [6, 6.07) is 20.0. The Morgan fingerprint density at radius 1 is 0.688 bits per heavy atom. The van der Waals surface area contributed by atoms with Crippen LogP contribution in [0.15, 0.2) is 48.5 Å². The molecule has 0 bridgehead atoms. The van der Waals surface area contributed by atoms with Gasteiger partial charge in [0.25, 0.3) is 0 Å². The summed E-state index contributed by atoms with van der Waals surface area (Å²) in [6.45, 7) is 0. The van der Waals surface area contributed by atoms with E-state index in [0.29, 0.717) is 0 Å². The van der Waals surface area contributed by atoms with Gasteiger partial charge in [-0.2, -0.15) is 60.7 Å². The van der Waals surface area contributed by atoms with Crippen molar-refractivity contribution in [2.75, 3.05) is 0 Å². The molecule has 2 radical (unpaired) electrons. The normalized spacial score (nSPS) is 7.62. The second-order valence-corrected chi connectivity index (χ2v) is 3.31. The van der Waals surface area contributed by atoms with Gasteiger partial charge in [0.1, 0.15) is 0 Å². The first-order valence-corrected chi connectivity index (χ1v) is 4.78. The van der Waals surface area contributed by atoms with Gasteiger partial charge in [-0.1, -0.05) is 10.0 Å². The van der Waals surface area contributed by atoms with Crippen LogP contribution in [0.4, 0.5) is 0 Å². The molecule has 0 heterocycles. The van der Waals surface area contributed by atoms with Crippen molar-refractivity contribution >= 4 is 42.1 Å². The third-order valence-corrected chi connectivity index (χ3v) is 1.86. The number of hydrogen-bond acceptors (Lipinski definition) is 0. The largest absolute Gasteiger partial charge is 2.00 e. The number of hydrogen-bond donors (Lipinski definition) is 0. The molecule has 0 spiro atoms. The fourth-order valence-electron chi connectivity index (χ4n) is 0.733. The quantitative estimate of drug-likeness (QED) is 0.510. The Hall–Kier alpha value is 0.137. The van der Waals surface area contributed by atoms with E-state index in [-0.39, 0.29) is 35.9 Å². The van der Waals surface area contributed by atoms with Crippen LogP contribution in [0.2, 0.25) is 10.0 Å². The zero-order valence-electron chi connectivity index (χ0n) is 8.68. The van der Waals surface area contributed by atoms with Crippen LogP contribution in [0, 0.1) is 12.1 Å². The standard InChI is InChI=1S/2C6H4Cl.Cu.Li/c2*7-6-4-2-1-3-5-6;;/h2*2-5H;;/q2*-1;+2;. The van der Waals surface area contributed by atoms with Crippen molar-refractivity contribution in [3.63, 3.8) is 0 Å². The van der Waals surface area contributed by atoms with E-state index in [2.05, 4.69) is 12.1 Å². The van der Waals surface area contributed by atoms with E-state index in [1.54, 1.807) is 48.5 Å². The summed E-state index contributed by atoms with van der Waals surface area (Å²) in [5, 5.41) is 1.53. The average Bonchev–Trinajstić information content (AvgIpc) is 2.21. The molecule has 0 fully saturated rings. The monoisotopic (exact) mass is 292 g/mol. The molecule has 2 aromatic rings. The molecule has 0 atom stereocenters. The van der Waals surface area contributed by atoms with E-state index < -0.39 is 0 Å². The second kappa shape index (κ2) is 11.6. The first-order chi connectivity index (χ1) is 6.79. The summed E-state index contributed by atoms with van der Waals surface area (Å²) in [6.07, 6.45) is 0. The number of rotatable bonds is 0.